The van der Waals surface area contributed by atoms with Gasteiger partial charge >= 0.3 is 0 Å². The highest BCUT2D eigenvalue weighted by molar-refractivity contribution is 8.27. The molecule has 9 heteroatoms. The minimum atomic E-state index is -0.484. The van der Waals surface area contributed by atoms with Crippen LogP contribution in [0.5, 0.6) is 11.5 Å². The van der Waals surface area contributed by atoms with E-state index >= 15 is 0 Å². The summed E-state index contributed by atoms with van der Waals surface area (Å²) in [5, 5.41) is 14.9. The molecule has 0 fully saturated rings. The molecule has 0 saturated heterocycles. The van der Waals surface area contributed by atoms with E-state index in [1.54, 1.807) is 42.7 Å². The lowest BCUT2D eigenvalue weighted by atomic mass is 10.1. The SMILES string of the molecule is N=C1C(=Cc2ccc3c(c2)OCO3)C(=O)N=C2SC(c3ccco3)=NN12. The van der Waals surface area contributed by atoms with Crippen molar-refractivity contribution >= 4 is 39.8 Å². The highest BCUT2D eigenvalue weighted by Gasteiger charge is 2.36. The lowest BCUT2D eigenvalue weighted by molar-refractivity contribution is -0.114. The molecule has 0 radical (unpaired) electrons. The summed E-state index contributed by atoms with van der Waals surface area (Å²) in [6, 6.07) is 8.82. The van der Waals surface area contributed by atoms with E-state index < -0.39 is 5.91 Å². The topological polar surface area (TPSA) is 100 Å². The van der Waals surface area contributed by atoms with Crippen LogP contribution in [0.15, 0.2) is 56.7 Å². The molecule has 4 heterocycles. The Morgan fingerprint density at radius 2 is 2.12 bits per heavy atom. The Hall–Kier alpha value is -3.33. The van der Waals surface area contributed by atoms with Crippen molar-refractivity contribution in [1.82, 2.24) is 5.01 Å². The fourth-order valence-corrected chi connectivity index (χ4v) is 3.52. The summed E-state index contributed by atoms with van der Waals surface area (Å²) in [5.41, 5.74) is 0.862. The zero-order valence-electron chi connectivity index (χ0n) is 13.1. The van der Waals surface area contributed by atoms with Crippen LogP contribution in [-0.2, 0) is 4.79 Å². The second-order valence-corrected chi connectivity index (χ2v) is 6.47. The molecule has 26 heavy (non-hydrogen) atoms. The van der Waals surface area contributed by atoms with Gasteiger partial charge in [-0.3, -0.25) is 10.2 Å². The Labute approximate surface area is 151 Å². The number of benzene rings is 1. The number of nitrogens with one attached hydrogen (secondary N) is 1. The molecule has 3 aliphatic heterocycles. The molecule has 0 atom stereocenters. The smallest absolute Gasteiger partial charge is 0.283 e. The number of thioether (sulfide) groups is 1. The van der Waals surface area contributed by atoms with E-state index in [1.165, 1.54) is 16.8 Å². The standard InChI is InChI=1S/C17H10N4O4S/c18-14-10(6-9-3-4-11-13(7-9)25-8-24-11)15(22)19-17-21(14)20-16(26-17)12-2-1-5-23-12/h1-7,18H,8H2. The number of ether oxygens (including phenoxy) is 2. The Morgan fingerprint density at radius 1 is 1.23 bits per heavy atom. The molecule has 1 N–H and O–H groups in total. The predicted octanol–water partition coefficient (Wildman–Crippen LogP) is 2.68. The third-order valence-corrected chi connectivity index (χ3v) is 4.82. The summed E-state index contributed by atoms with van der Waals surface area (Å²) in [6.45, 7) is 0.174. The lowest BCUT2D eigenvalue weighted by Crippen LogP contribution is -2.35. The maximum Gasteiger partial charge on any atom is 0.283 e. The molecule has 128 valence electrons. The van der Waals surface area contributed by atoms with E-state index in [0.717, 1.165) is 0 Å². The molecule has 0 unspecified atom stereocenters. The minimum Gasteiger partial charge on any atom is -0.462 e. The summed E-state index contributed by atoms with van der Waals surface area (Å²) in [5.74, 6) is 1.30. The van der Waals surface area contributed by atoms with Crippen molar-refractivity contribution in [2.45, 2.75) is 0 Å². The Morgan fingerprint density at radius 3 is 2.96 bits per heavy atom. The first-order valence-electron chi connectivity index (χ1n) is 7.63. The fourth-order valence-electron chi connectivity index (χ4n) is 2.66. The zero-order valence-corrected chi connectivity index (χ0v) is 13.9. The van der Waals surface area contributed by atoms with Gasteiger partial charge in [0.1, 0.15) is 0 Å². The van der Waals surface area contributed by atoms with Crippen LogP contribution in [0.4, 0.5) is 0 Å². The van der Waals surface area contributed by atoms with Crippen LogP contribution in [0.3, 0.4) is 0 Å². The maximum absolute atomic E-state index is 12.4. The number of hydrogen-bond donors (Lipinski definition) is 1. The number of fused-ring (bicyclic) bond motifs is 2. The normalized spacial score (nSPS) is 19.7. The van der Waals surface area contributed by atoms with Gasteiger partial charge < -0.3 is 13.9 Å². The van der Waals surface area contributed by atoms with Gasteiger partial charge in [-0.1, -0.05) is 6.07 Å². The number of rotatable bonds is 2. The van der Waals surface area contributed by atoms with Gasteiger partial charge in [-0.2, -0.15) is 15.1 Å². The van der Waals surface area contributed by atoms with Crippen molar-refractivity contribution in [2.24, 2.45) is 10.1 Å². The maximum atomic E-state index is 12.4. The number of aliphatic imine (C=N–C) groups is 1. The molecule has 1 amide bonds. The highest BCUT2D eigenvalue weighted by atomic mass is 32.2. The predicted molar refractivity (Wildman–Crippen MR) is 95.4 cm³/mol. The Bertz CT molecular complexity index is 1040. The van der Waals surface area contributed by atoms with Crippen LogP contribution in [0.1, 0.15) is 11.3 Å². The van der Waals surface area contributed by atoms with Crippen molar-refractivity contribution in [3.05, 3.63) is 53.5 Å². The lowest BCUT2D eigenvalue weighted by Gasteiger charge is -2.20. The summed E-state index contributed by atoms with van der Waals surface area (Å²) >= 11 is 1.19. The third-order valence-electron chi connectivity index (χ3n) is 3.89. The van der Waals surface area contributed by atoms with E-state index in [1.807, 2.05) is 0 Å². The van der Waals surface area contributed by atoms with E-state index in [9.17, 15) is 4.79 Å². The first-order valence-corrected chi connectivity index (χ1v) is 8.44. The van der Waals surface area contributed by atoms with Crippen molar-refractivity contribution in [2.75, 3.05) is 6.79 Å². The van der Waals surface area contributed by atoms with Crippen molar-refractivity contribution < 1.29 is 18.7 Å². The zero-order chi connectivity index (χ0) is 17.7. The van der Waals surface area contributed by atoms with Crippen LogP contribution in [0.25, 0.3) is 6.08 Å². The van der Waals surface area contributed by atoms with E-state index in [-0.39, 0.29) is 18.2 Å². The van der Waals surface area contributed by atoms with Crippen LogP contribution in [0.2, 0.25) is 0 Å². The number of amidine groups is 2. The molecule has 3 aliphatic rings. The summed E-state index contributed by atoms with van der Waals surface area (Å²) in [6.07, 6.45) is 3.14. The van der Waals surface area contributed by atoms with Gasteiger partial charge in [0.05, 0.1) is 11.8 Å². The van der Waals surface area contributed by atoms with Gasteiger partial charge in [-0.15, -0.1) is 0 Å². The molecule has 0 saturated carbocycles. The number of carbonyl (C=O) groups is 1. The monoisotopic (exact) mass is 366 g/mol. The van der Waals surface area contributed by atoms with Gasteiger partial charge in [0.25, 0.3) is 5.91 Å². The molecule has 1 aromatic heterocycles. The second kappa shape index (κ2) is 5.60. The molecule has 0 spiro atoms. The van der Waals surface area contributed by atoms with E-state index in [0.29, 0.717) is 33.0 Å². The van der Waals surface area contributed by atoms with Crippen molar-refractivity contribution in [3.8, 4) is 11.5 Å². The molecule has 2 aromatic rings. The van der Waals surface area contributed by atoms with Gasteiger partial charge in [-0.25, -0.2) is 0 Å². The largest absolute Gasteiger partial charge is 0.462 e. The number of hydrazone groups is 1. The number of nitrogens with zero attached hydrogens (tertiary/aromatic N) is 3. The average Bonchev–Trinajstić information content (AvgIpc) is 3.36. The average molecular weight is 366 g/mol. The van der Waals surface area contributed by atoms with Crippen molar-refractivity contribution in [3.63, 3.8) is 0 Å². The quantitative estimate of drug-likeness (QED) is 0.820. The van der Waals surface area contributed by atoms with Gasteiger partial charge in [0.2, 0.25) is 12.0 Å². The van der Waals surface area contributed by atoms with Crippen LogP contribution in [-0.4, -0.2) is 33.8 Å². The van der Waals surface area contributed by atoms with Gasteiger partial charge in [0.15, 0.2) is 28.1 Å². The third kappa shape index (κ3) is 2.32. The first kappa shape index (κ1) is 15.0. The number of amides is 1. The number of hydrogen-bond acceptors (Lipinski definition) is 7. The minimum absolute atomic E-state index is 0.0354. The van der Waals surface area contributed by atoms with E-state index in [2.05, 4.69) is 10.1 Å². The summed E-state index contributed by atoms with van der Waals surface area (Å²) in [4.78, 5) is 16.5. The molecule has 0 bridgehead atoms. The van der Waals surface area contributed by atoms with Crippen LogP contribution < -0.4 is 9.47 Å². The Kier molecular flexibility index (Phi) is 3.22. The van der Waals surface area contributed by atoms with Gasteiger partial charge in [-0.05, 0) is 47.7 Å². The summed E-state index contributed by atoms with van der Waals surface area (Å²) < 4.78 is 15.9. The fraction of sp³-hybridized carbons (Fsp3) is 0.0588. The molecule has 5 rings (SSSR count). The number of carbonyl (C=O) groups excluding carboxylic acids is 1. The highest BCUT2D eigenvalue weighted by Crippen LogP contribution is 2.34. The summed E-state index contributed by atoms with van der Waals surface area (Å²) in [7, 11) is 0. The van der Waals surface area contributed by atoms with Crippen LogP contribution >= 0.6 is 11.8 Å². The molecule has 0 aliphatic carbocycles. The van der Waals surface area contributed by atoms with Gasteiger partial charge in [0, 0.05) is 0 Å². The van der Waals surface area contributed by atoms with Crippen LogP contribution in [0, 0.1) is 5.41 Å². The second-order valence-electron chi connectivity index (χ2n) is 5.52. The molecular formula is C17H10N4O4S. The number of furan rings is 1. The Balaban J connectivity index is 1.50. The molecule has 8 nitrogen and oxygen atoms in total. The first-order chi connectivity index (χ1) is 12.7. The van der Waals surface area contributed by atoms with E-state index in [4.69, 9.17) is 19.3 Å². The molecule has 1 aromatic carbocycles. The van der Waals surface area contributed by atoms with Crippen molar-refractivity contribution in [1.29, 1.82) is 5.41 Å². The molecular weight excluding hydrogens is 356 g/mol.